The molecule has 1 nitrogen and oxygen atoms in total. The van der Waals surface area contributed by atoms with E-state index in [2.05, 4.69) is 48.3 Å². The van der Waals surface area contributed by atoms with Crippen molar-refractivity contribution in [1.29, 1.82) is 0 Å². The maximum Gasteiger partial charge on any atom is 0.0343 e. The van der Waals surface area contributed by atoms with E-state index >= 15 is 0 Å². The Morgan fingerprint density at radius 3 is 2.20 bits per heavy atom. The molecule has 1 aromatic rings. The minimum absolute atomic E-state index is 0.694. The first kappa shape index (κ1) is 14.3. The van der Waals surface area contributed by atoms with Crippen LogP contribution in [-0.2, 0) is 0 Å². The first-order valence-electron chi connectivity index (χ1n) is 8.33. The van der Waals surface area contributed by atoms with E-state index in [1.807, 2.05) is 0 Å². The van der Waals surface area contributed by atoms with E-state index < -0.39 is 0 Å². The lowest BCUT2D eigenvalue weighted by Gasteiger charge is -2.27. The average molecular weight is 289 g/mol. The molecule has 3 rings (SSSR count). The van der Waals surface area contributed by atoms with Gasteiger partial charge in [0.1, 0.15) is 0 Å². The molecule has 0 amide bonds. The quantitative estimate of drug-likeness (QED) is 0.761. The van der Waals surface area contributed by atoms with Gasteiger partial charge in [-0.1, -0.05) is 19.8 Å². The zero-order valence-electron chi connectivity index (χ0n) is 12.6. The van der Waals surface area contributed by atoms with Crippen molar-refractivity contribution in [2.45, 2.75) is 74.5 Å². The lowest BCUT2D eigenvalue weighted by molar-refractivity contribution is 0.361. The third-order valence-corrected chi connectivity index (χ3v) is 6.19. The van der Waals surface area contributed by atoms with Crippen molar-refractivity contribution >= 4 is 17.4 Å². The van der Waals surface area contributed by atoms with Gasteiger partial charge in [0, 0.05) is 21.9 Å². The first-order valence-corrected chi connectivity index (χ1v) is 9.21. The fraction of sp³-hybridized carbons (Fsp3) is 0.667. The highest BCUT2D eigenvalue weighted by Crippen LogP contribution is 2.35. The number of thioether (sulfide) groups is 1. The summed E-state index contributed by atoms with van der Waals surface area (Å²) in [5.74, 6) is 0.929. The molecule has 0 bridgehead atoms. The van der Waals surface area contributed by atoms with Crippen molar-refractivity contribution in [2.24, 2.45) is 5.92 Å². The Morgan fingerprint density at radius 2 is 1.55 bits per heavy atom. The molecule has 2 heteroatoms. The maximum atomic E-state index is 3.71. The number of hydrogen-bond donors (Lipinski definition) is 1. The summed E-state index contributed by atoms with van der Waals surface area (Å²) in [5.41, 5.74) is 1.31. The molecule has 0 spiro atoms. The van der Waals surface area contributed by atoms with Crippen LogP contribution in [0.2, 0.25) is 0 Å². The molecule has 0 atom stereocenters. The molecule has 0 aliphatic heterocycles. The number of nitrogens with one attached hydrogen (secondary N) is 1. The van der Waals surface area contributed by atoms with Gasteiger partial charge in [0.2, 0.25) is 0 Å². The first-order chi connectivity index (χ1) is 9.79. The molecule has 0 saturated heterocycles. The van der Waals surface area contributed by atoms with Gasteiger partial charge in [-0.2, -0.15) is 0 Å². The molecule has 1 aromatic carbocycles. The van der Waals surface area contributed by atoms with Crippen LogP contribution in [0, 0.1) is 5.92 Å². The number of hydrogen-bond acceptors (Lipinski definition) is 2. The van der Waals surface area contributed by atoms with Crippen LogP contribution in [0.4, 0.5) is 5.69 Å². The van der Waals surface area contributed by atoms with E-state index in [9.17, 15) is 0 Å². The van der Waals surface area contributed by atoms with Crippen LogP contribution in [0.3, 0.4) is 0 Å². The van der Waals surface area contributed by atoms with Crippen LogP contribution in [0.5, 0.6) is 0 Å². The molecule has 20 heavy (non-hydrogen) atoms. The zero-order valence-corrected chi connectivity index (χ0v) is 13.4. The second kappa shape index (κ2) is 6.89. The lowest BCUT2D eigenvalue weighted by atomic mass is 9.87. The molecule has 2 aliphatic carbocycles. The fourth-order valence-corrected chi connectivity index (χ4v) is 4.72. The zero-order chi connectivity index (χ0) is 13.8. The summed E-state index contributed by atoms with van der Waals surface area (Å²) in [4.78, 5) is 1.44. The second-order valence-corrected chi connectivity index (χ2v) is 8.02. The Labute approximate surface area is 127 Å². The molecule has 2 aliphatic rings. The van der Waals surface area contributed by atoms with Crippen LogP contribution >= 0.6 is 11.8 Å². The summed E-state index contributed by atoms with van der Waals surface area (Å²) in [7, 11) is 0. The molecule has 0 heterocycles. The summed E-state index contributed by atoms with van der Waals surface area (Å²) in [6.45, 7) is 2.38. The number of benzene rings is 1. The van der Waals surface area contributed by atoms with E-state index in [-0.39, 0.29) is 0 Å². The summed E-state index contributed by atoms with van der Waals surface area (Å²) in [5, 5.41) is 4.58. The topological polar surface area (TPSA) is 12.0 Å². The largest absolute Gasteiger partial charge is 0.382 e. The molecule has 110 valence electrons. The SMILES string of the molecule is CC1CCC(Nc2ccc(SC3CCCC3)cc2)CC1. The van der Waals surface area contributed by atoms with Crippen molar-refractivity contribution in [3.05, 3.63) is 24.3 Å². The van der Waals surface area contributed by atoms with Crippen molar-refractivity contribution in [2.75, 3.05) is 5.32 Å². The van der Waals surface area contributed by atoms with Gasteiger partial charge >= 0.3 is 0 Å². The monoisotopic (exact) mass is 289 g/mol. The highest BCUT2D eigenvalue weighted by atomic mass is 32.2. The van der Waals surface area contributed by atoms with Crippen molar-refractivity contribution in [3.8, 4) is 0 Å². The van der Waals surface area contributed by atoms with Gasteiger partial charge in [-0.25, -0.2) is 0 Å². The van der Waals surface area contributed by atoms with E-state index in [1.165, 1.54) is 61.9 Å². The van der Waals surface area contributed by atoms with E-state index in [0.717, 1.165) is 11.2 Å². The second-order valence-electron chi connectivity index (χ2n) is 6.65. The number of rotatable bonds is 4. The van der Waals surface area contributed by atoms with E-state index in [1.54, 1.807) is 0 Å². The minimum Gasteiger partial charge on any atom is -0.382 e. The highest BCUT2D eigenvalue weighted by molar-refractivity contribution is 8.00. The van der Waals surface area contributed by atoms with Gasteiger partial charge in [0.05, 0.1) is 0 Å². The summed E-state index contributed by atoms with van der Waals surface area (Å²) in [6.07, 6.45) is 11.1. The third kappa shape index (κ3) is 3.94. The maximum absolute atomic E-state index is 3.71. The van der Waals surface area contributed by atoms with Crippen molar-refractivity contribution in [3.63, 3.8) is 0 Å². The molecular weight excluding hydrogens is 262 g/mol. The van der Waals surface area contributed by atoms with Crippen LogP contribution in [-0.4, -0.2) is 11.3 Å². The lowest BCUT2D eigenvalue weighted by Crippen LogP contribution is -2.25. The Morgan fingerprint density at radius 1 is 0.900 bits per heavy atom. The molecule has 1 N–H and O–H groups in total. The molecular formula is C18H27NS. The van der Waals surface area contributed by atoms with Gasteiger partial charge in [-0.3, -0.25) is 0 Å². The summed E-state index contributed by atoms with van der Waals surface area (Å²) >= 11 is 2.08. The Bertz CT molecular complexity index is 400. The number of anilines is 1. The van der Waals surface area contributed by atoms with Crippen molar-refractivity contribution < 1.29 is 0 Å². The van der Waals surface area contributed by atoms with E-state index in [0.29, 0.717) is 6.04 Å². The predicted octanol–water partition coefficient (Wildman–Crippen LogP) is 5.71. The molecule has 2 fully saturated rings. The van der Waals surface area contributed by atoms with Crippen LogP contribution < -0.4 is 5.32 Å². The van der Waals surface area contributed by atoms with Crippen LogP contribution in [0.1, 0.15) is 58.3 Å². The third-order valence-electron chi connectivity index (χ3n) is 4.85. The standard InChI is InChI=1S/C18H27NS/c1-14-6-8-15(9-7-14)19-16-10-12-18(13-11-16)20-17-4-2-3-5-17/h10-15,17,19H,2-9H2,1H3. The average Bonchev–Trinajstić information content (AvgIpc) is 2.96. The molecule has 0 radical (unpaired) electrons. The normalized spacial score (nSPS) is 27.6. The summed E-state index contributed by atoms with van der Waals surface area (Å²) < 4.78 is 0. The molecule has 0 aromatic heterocycles. The molecule has 0 unspecified atom stereocenters. The summed E-state index contributed by atoms with van der Waals surface area (Å²) in [6, 6.07) is 9.84. The minimum atomic E-state index is 0.694. The predicted molar refractivity (Wildman–Crippen MR) is 89.6 cm³/mol. The Balaban J connectivity index is 1.50. The van der Waals surface area contributed by atoms with Crippen LogP contribution in [0.25, 0.3) is 0 Å². The van der Waals surface area contributed by atoms with Gasteiger partial charge in [-0.05, 0) is 68.7 Å². The Hall–Kier alpha value is -0.630. The van der Waals surface area contributed by atoms with Crippen LogP contribution in [0.15, 0.2) is 29.2 Å². The van der Waals surface area contributed by atoms with E-state index in [4.69, 9.17) is 0 Å². The van der Waals surface area contributed by atoms with Gasteiger partial charge in [-0.15, -0.1) is 11.8 Å². The van der Waals surface area contributed by atoms with Gasteiger partial charge in [0.25, 0.3) is 0 Å². The fourth-order valence-electron chi connectivity index (χ4n) is 3.47. The smallest absolute Gasteiger partial charge is 0.0343 e. The Kier molecular flexibility index (Phi) is 4.93. The van der Waals surface area contributed by atoms with Crippen molar-refractivity contribution in [1.82, 2.24) is 0 Å². The van der Waals surface area contributed by atoms with Gasteiger partial charge in [0.15, 0.2) is 0 Å². The molecule has 2 saturated carbocycles. The van der Waals surface area contributed by atoms with Gasteiger partial charge < -0.3 is 5.32 Å². The highest BCUT2D eigenvalue weighted by Gasteiger charge is 2.18.